The molecule has 23 heavy (non-hydrogen) atoms. The average Bonchev–Trinajstić information content (AvgIpc) is 3.27. The van der Waals surface area contributed by atoms with Gasteiger partial charge in [0.25, 0.3) is 0 Å². The van der Waals surface area contributed by atoms with E-state index in [1.807, 2.05) is 6.07 Å². The first-order valence-corrected chi connectivity index (χ1v) is 8.40. The molecule has 1 aliphatic heterocycles. The van der Waals surface area contributed by atoms with Gasteiger partial charge in [-0.2, -0.15) is 0 Å². The van der Waals surface area contributed by atoms with Crippen molar-refractivity contribution in [2.45, 2.75) is 38.1 Å². The number of hydrogen-bond acceptors (Lipinski definition) is 3. The molecule has 2 fully saturated rings. The second-order valence-electron chi connectivity index (χ2n) is 6.76. The Morgan fingerprint density at radius 3 is 3.09 bits per heavy atom. The second-order valence-corrected chi connectivity index (χ2v) is 6.76. The van der Waals surface area contributed by atoms with Crippen molar-refractivity contribution >= 4 is 22.8 Å². The Morgan fingerprint density at radius 2 is 2.30 bits per heavy atom. The number of fused-ring (bicyclic) bond motifs is 1. The summed E-state index contributed by atoms with van der Waals surface area (Å²) in [5, 5.41) is 13.9. The molecule has 1 amide bonds. The summed E-state index contributed by atoms with van der Waals surface area (Å²) in [6.07, 6.45) is 8.71. The van der Waals surface area contributed by atoms with Crippen LogP contribution in [-0.4, -0.2) is 45.2 Å². The minimum absolute atomic E-state index is 0.161. The van der Waals surface area contributed by atoms with Crippen molar-refractivity contribution in [3.8, 4) is 0 Å². The lowest BCUT2D eigenvalue weighted by atomic mass is 10.0. The summed E-state index contributed by atoms with van der Waals surface area (Å²) in [7, 11) is 0. The zero-order chi connectivity index (χ0) is 15.8. The summed E-state index contributed by atoms with van der Waals surface area (Å²) in [5.41, 5.74) is 3.31. The summed E-state index contributed by atoms with van der Waals surface area (Å²) < 4.78 is 0. The molecule has 6 nitrogen and oxygen atoms in total. The first kappa shape index (κ1) is 14.4. The molecule has 3 heterocycles. The molecule has 0 aromatic carbocycles. The molecule has 0 spiro atoms. The maximum Gasteiger partial charge on any atom is 0.407 e. The van der Waals surface area contributed by atoms with Crippen LogP contribution in [0.3, 0.4) is 0 Å². The van der Waals surface area contributed by atoms with Gasteiger partial charge in [0.2, 0.25) is 0 Å². The van der Waals surface area contributed by atoms with E-state index in [1.165, 1.54) is 28.7 Å². The first-order valence-electron chi connectivity index (χ1n) is 8.40. The third-order valence-corrected chi connectivity index (χ3v) is 4.91. The lowest BCUT2D eigenvalue weighted by Gasteiger charge is -2.32. The van der Waals surface area contributed by atoms with Crippen LogP contribution in [0.1, 0.15) is 31.2 Å². The first-order chi connectivity index (χ1) is 11.2. The van der Waals surface area contributed by atoms with Crippen LogP contribution in [-0.2, 0) is 6.42 Å². The molecule has 4 rings (SSSR count). The van der Waals surface area contributed by atoms with Crippen LogP contribution >= 0.6 is 0 Å². The van der Waals surface area contributed by atoms with E-state index in [-0.39, 0.29) is 6.04 Å². The molecule has 2 aromatic heterocycles. The van der Waals surface area contributed by atoms with Gasteiger partial charge in [0.05, 0.1) is 0 Å². The smallest absolute Gasteiger partial charge is 0.407 e. The summed E-state index contributed by atoms with van der Waals surface area (Å²) >= 11 is 0. The van der Waals surface area contributed by atoms with Crippen LogP contribution in [0.5, 0.6) is 0 Å². The van der Waals surface area contributed by atoms with E-state index >= 15 is 0 Å². The number of nitrogens with one attached hydrogen (secondary N) is 2. The second kappa shape index (κ2) is 5.76. The highest BCUT2D eigenvalue weighted by atomic mass is 16.4. The highest BCUT2D eigenvalue weighted by molar-refractivity contribution is 5.92. The van der Waals surface area contributed by atoms with E-state index < -0.39 is 6.09 Å². The van der Waals surface area contributed by atoms with Crippen LogP contribution < -0.4 is 5.32 Å². The predicted molar refractivity (Wildman–Crippen MR) is 88.8 cm³/mol. The number of carbonyl (C=O) groups is 1. The fraction of sp³-hybridized carbons (Fsp3) is 0.529. The van der Waals surface area contributed by atoms with Crippen molar-refractivity contribution in [1.29, 1.82) is 0 Å². The molecule has 1 saturated carbocycles. The zero-order valence-electron chi connectivity index (χ0n) is 13.1. The van der Waals surface area contributed by atoms with Gasteiger partial charge in [-0.1, -0.05) is 0 Å². The number of rotatable bonds is 4. The Hall–Kier alpha value is -2.24. The topological polar surface area (TPSA) is 81.2 Å². The quantitative estimate of drug-likeness (QED) is 0.810. The highest BCUT2D eigenvalue weighted by Crippen LogP contribution is 2.36. The number of amides is 1. The lowest BCUT2D eigenvalue weighted by Crippen LogP contribution is -2.44. The molecule has 3 N–H and O–H groups in total. The molecule has 0 bridgehead atoms. The van der Waals surface area contributed by atoms with Gasteiger partial charge in [-0.3, -0.25) is 0 Å². The molecule has 0 radical (unpaired) electrons. The number of pyridine rings is 1. The molecule has 2 aliphatic rings. The minimum atomic E-state index is -0.826. The van der Waals surface area contributed by atoms with Gasteiger partial charge >= 0.3 is 6.09 Å². The third kappa shape index (κ3) is 2.98. The number of piperidine rings is 1. The van der Waals surface area contributed by atoms with E-state index in [4.69, 9.17) is 0 Å². The van der Waals surface area contributed by atoms with Gasteiger partial charge in [-0.15, -0.1) is 0 Å². The van der Waals surface area contributed by atoms with Crippen molar-refractivity contribution in [1.82, 2.24) is 14.9 Å². The van der Waals surface area contributed by atoms with Crippen LogP contribution in [0, 0.1) is 5.92 Å². The van der Waals surface area contributed by atoms with Crippen LogP contribution in [0.4, 0.5) is 10.5 Å². The molecular formula is C17H22N4O2. The number of likely N-dealkylation sites (tertiary alicyclic amines) is 1. The Kier molecular flexibility index (Phi) is 3.59. The van der Waals surface area contributed by atoms with E-state index in [1.54, 1.807) is 6.20 Å². The molecule has 1 aliphatic carbocycles. The SMILES string of the molecule is O=C(O)N1CCCC(Nc2ccnc3[nH]cc(CC4CC4)c23)C1. The average molecular weight is 314 g/mol. The molecule has 1 saturated heterocycles. The molecule has 1 atom stereocenters. The normalized spacial score (nSPS) is 21.6. The van der Waals surface area contributed by atoms with Crippen molar-refractivity contribution in [2.24, 2.45) is 5.92 Å². The number of aromatic amines is 1. The third-order valence-electron chi connectivity index (χ3n) is 4.91. The van der Waals surface area contributed by atoms with Crippen molar-refractivity contribution < 1.29 is 9.90 Å². The molecule has 2 aromatic rings. The standard InChI is InChI=1S/C17H22N4O2/c22-17(23)21-7-1-2-13(10-21)20-14-5-6-18-16-15(14)12(9-19-16)8-11-3-4-11/h5-6,9,11,13H,1-4,7-8,10H2,(H,22,23)(H2,18,19,20). The summed E-state index contributed by atoms with van der Waals surface area (Å²) in [6.45, 7) is 1.18. The number of aromatic nitrogens is 2. The van der Waals surface area contributed by atoms with Gasteiger partial charge in [0.1, 0.15) is 5.65 Å². The van der Waals surface area contributed by atoms with Gasteiger partial charge in [0.15, 0.2) is 0 Å². The Morgan fingerprint density at radius 1 is 1.43 bits per heavy atom. The van der Waals surface area contributed by atoms with E-state index in [0.717, 1.165) is 36.5 Å². The fourth-order valence-corrected chi connectivity index (χ4v) is 3.53. The van der Waals surface area contributed by atoms with Crippen LogP contribution in [0.2, 0.25) is 0 Å². The Balaban J connectivity index is 1.58. The van der Waals surface area contributed by atoms with E-state index in [0.29, 0.717) is 13.1 Å². The molecule has 1 unspecified atom stereocenters. The maximum absolute atomic E-state index is 11.2. The number of H-pyrrole nitrogens is 1. The molecular weight excluding hydrogens is 292 g/mol. The fourth-order valence-electron chi connectivity index (χ4n) is 3.53. The number of hydrogen-bond donors (Lipinski definition) is 3. The summed E-state index contributed by atoms with van der Waals surface area (Å²) in [4.78, 5) is 20.4. The summed E-state index contributed by atoms with van der Waals surface area (Å²) in [6, 6.07) is 2.17. The van der Waals surface area contributed by atoms with Gasteiger partial charge in [0, 0.05) is 42.6 Å². The number of anilines is 1. The summed E-state index contributed by atoms with van der Waals surface area (Å²) in [5.74, 6) is 0.819. The minimum Gasteiger partial charge on any atom is -0.465 e. The van der Waals surface area contributed by atoms with Gasteiger partial charge in [-0.25, -0.2) is 9.78 Å². The number of nitrogens with zero attached hydrogens (tertiary/aromatic N) is 2. The molecule has 122 valence electrons. The zero-order valence-corrected chi connectivity index (χ0v) is 13.1. The lowest BCUT2D eigenvalue weighted by molar-refractivity contribution is 0.133. The van der Waals surface area contributed by atoms with E-state index in [9.17, 15) is 9.90 Å². The van der Waals surface area contributed by atoms with Crippen molar-refractivity contribution in [3.05, 3.63) is 24.0 Å². The Labute approximate surface area is 134 Å². The van der Waals surface area contributed by atoms with Crippen molar-refractivity contribution in [2.75, 3.05) is 18.4 Å². The predicted octanol–water partition coefficient (Wildman–Crippen LogP) is 3.07. The monoisotopic (exact) mass is 314 g/mol. The van der Waals surface area contributed by atoms with Crippen LogP contribution in [0.15, 0.2) is 18.5 Å². The highest BCUT2D eigenvalue weighted by Gasteiger charge is 2.26. The number of carboxylic acid groups (broad SMARTS) is 1. The largest absolute Gasteiger partial charge is 0.465 e. The van der Waals surface area contributed by atoms with Gasteiger partial charge in [-0.05, 0) is 49.7 Å². The molecule has 6 heteroatoms. The van der Waals surface area contributed by atoms with Gasteiger partial charge < -0.3 is 20.3 Å². The maximum atomic E-state index is 11.2. The Bertz CT molecular complexity index is 722. The van der Waals surface area contributed by atoms with Crippen molar-refractivity contribution in [3.63, 3.8) is 0 Å². The van der Waals surface area contributed by atoms with Crippen LogP contribution in [0.25, 0.3) is 11.0 Å². The van der Waals surface area contributed by atoms with E-state index in [2.05, 4.69) is 21.5 Å².